The first-order valence-electron chi connectivity index (χ1n) is 16.9. The standard InChI is InChI=1S/C29H17BNO2.C16H18N.Ir/c1-2-8-19(9-3-1)20-16-17-31-24(18-20)21-14-15-27-28-29(21)33-26-13-7-5-11-23(26)30(28)22-10-4-6-12-25(22)32-27;1-12-5-7-13(8-6-12)15-10-9-14(11-17-15)16(2,3)4;/h1-13,15-18H;5-7,9-11H,1-4H3;/q2*-1;. The first-order chi connectivity index (χ1) is 24.3. The Morgan fingerprint density at radius 2 is 1.33 bits per heavy atom. The van der Waals surface area contributed by atoms with E-state index in [2.05, 4.69) is 112 Å². The van der Waals surface area contributed by atoms with Crippen molar-refractivity contribution in [3.05, 3.63) is 163 Å². The second kappa shape index (κ2) is 14.1. The molecule has 251 valence electrons. The van der Waals surface area contributed by atoms with E-state index in [9.17, 15) is 0 Å². The summed E-state index contributed by atoms with van der Waals surface area (Å²) < 4.78 is 12.8. The predicted octanol–water partition coefficient (Wildman–Crippen LogP) is 9.10. The number of pyridine rings is 2. The minimum Gasteiger partial charge on any atom is -0.503 e. The quantitative estimate of drug-likeness (QED) is 0.132. The third-order valence-electron chi connectivity index (χ3n) is 9.26. The zero-order valence-corrected chi connectivity index (χ0v) is 31.3. The van der Waals surface area contributed by atoms with Crippen LogP contribution < -0.4 is 25.9 Å². The molecule has 7 aromatic rings. The molecule has 2 aromatic heterocycles. The van der Waals surface area contributed by atoms with Gasteiger partial charge in [0, 0.05) is 44.0 Å². The molecule has 5 aromatic carbocycles. The molecule has 6 heteroatoms. The Hall–Kier alpha value is -5.29. The largest absolute Gasteiger partial charge is 0.503 e. The van der Waals surface area contributed by atoms with Gasteiger partial charge in [-0.25, -0.2) is 0 Å². The number of fused-ring (bicyclic) bond motifs is 4. The van der Waals surface area contributed by atoms with Crippen LogP contribution in [0.15, 0.2) is 140 Å². The molecule has 2 aliphatic rings. The molecule has 0 atom stereocenters. The van der Waals surface area contributed by atoms with E-state index < -0.39 is 0 Å². The monoisotopic (exact) mass is 839 g/mol. The molecule has 0 fully saturated rings. The number of ether oxygens (including phenoxy) is 2. The summed E-state index contributed by atoms with van der Waals surface area (Å²) in [6, 6.07) is 49.9. The SMILES string of the molecule is Cc1c[c-]c(-c2ccc(C(C)(C)C)cn2)cc1.[Ir].[c-]1cc2c3c(c1-c1cc(-c4ccccc4)ccn1)Oc1ccccc1B3c1ccccc1O2. The van der Waals surface area contributed by atoms with Gasteiger partial charge in [-0.1, -0.05) is 124 Å². The molecule has 0 saturated carbocycles. The van der Waals surface area contributed by atoms with Crippen LogP contribution in [0.2, 0.25) is 0 Å². The van der Waals surface area contributed by atoms with Crippen LogP contribution in [0, 0.1) is 19.1 Å². The fourth-order valence-corrected chi connectivity index (χ4v) is 6.55. The van der Waals surface area contributed by atoms with Crippen LogP contribution in [0.3, 0.4) is 0 Å². The van der Waals surface area contributed by atoms with Gasteiger partial charge in [-0.3, -0.25) is 0 Å². The molecule has 0 spiro atoms. The summed E-state index contributed by atoms with van der Waals surface area (Å²) in [5.41, 5.74) is 11.9. The van der Waals surface area contributed by atoms with Crippen LogP contribution in [0.1, 0.15) is 31.9 Å². The van der Waals surface area contributed by atoms with Crippen molar-refractivity contribution in [1.82, 2.24) is 9.97 Å². The minimum absolute atomic E-state index is 0. The number of nitrogens with zero attached hydrogens (tertiary/aromatic N) is 2. The molecule has 2 aliphatic heterocycles. The van der Waals surface area contributed by atoms with E-state index in [-0.39, 0.29) is 32.2 Å². The topological polar surface area (TPSA) is 44.2 Å². The van der Waals surface area contributed by atoms with E-state index in [1.165, 1.54) is 11.1 Å². The Balaban J connectivity index is 0.000000192. The van der Waals surface area contributed by atoms with Gasteiger partial charge in [0.05, 0.1) is 0 Å². The summed E-state index contributed by atoms with van der Waals surface area (Å²) in [6.07, 6.45) is 3.81. The van der Waals surface area contributed by atoms with Gasteiger partial charge in [0.2, 0.25) is 6.71 Å². The number of rotatable bonds is 3. The van der Waals surface area contributed by atoms with Gasteiger partial charge in [0.1, 0.15) is 11.5 Å². The maximum absolute atomic E-state index is 6.52. The van der Waals surface area contributed by atoms with E-state index in [0.29, 0.717) is 0 Å². The molecule has 0 saturated heterocycles. The normalized spacial score (nSPS) is 12.0. The molecule has 1 radical (unpaired) electrons. The first kappa shape index (κ1) is 34.2. The van der Waals surface area contributed by atoms with Gasteiger partial charge >= 0.3 is 0 Å². The van der Waals surface area contributed by atoms with E-state index in [4.69, 9.17) is 14.5 Å². The van der Waals surface area contributed by atoms with Gasteiger partial charge < -0.3 is 19.4 Å². The molecule has 4 nitrogen and oxygen atoms in total. The van der Waals surface area contributed by atoms with Gasteiger partial charge in [-0.05, 0) is 62.6 Å². The van der Waals surface area contributed by atoms with Crippen molar-refractivity contribution < 1.29 is 29.6 Å². The fourth-order valence-electron chi connectivity index (χ4n) is 6.55. The van der Waals surface area contributed by atoms with Crippen molar-refractivity contribution in [2.75, 3.05) is 0 Å². The molecule has 0 aliphatic carbocycles. The molecule has 0 N–H and O–H groups in total. The number of aromatic nitrogens is 2. The molecule has 51 heavy (non-hydrogen) atoms. The summed E-state index contributed by atoms with van der Waals surface area (Å²) in [7, 11) is 0. The Kier molecular flexibility index (Phi) is 9.48. The Bertz CT molecular complexity index is 2310. The summed E-state index contributed by atoms with van der Waals surface area (Å²) in [6.45, 7) is 8.69. The van der Waals surface area contributed by atoms with Crippen molar-refractivity contribution >= 4 is 23.1 Å². The Morgan fingerprint density at radius 3 is 2.00 bits per heavy atom. The van der Waals surface area contributed by atoms with Crippen molar-refractivity contribution in [1.29, 1.82) is 0 Å². The molecular formula is C45H35BIrN2O2-2. The average Bonchev–Trinajstić information content (AvgIpc) is 3.15. The second-order valence-electron chi connectivity index (χ2n) is 13.7. The Labute approximate surface area is 314 Å². The molecule has 0 unspecified atom stereocenters. The van der Waals surface area contributed by atoms with E-state index >= 15 is 0 Å². The van der Waals surface area contributed by atoms with Crippen LogP contribution in [-0.4, -0.2) is 16.7 Å². The fraction of sp³-hybridized carbons (Fsp3) is 0.111. The minimum atomic E-state index is 0. The van der Waals surface area contributed by atoms with E-state index in [1.54, 1.807) is 0 Å². The van der Waals surface area contributed by atoms with Crippen LogP contribution in [0.4, 0.5) is 0 Å². The first-order valence-corrected chi connectivity index (χ1v) is 16.9. The maximum Gasteiger partial charge on any atom is 0.239 e. The van der Waals surface area contributed by atoms with Crippen LogP contribution >= 0.6 is 0 Å². The predicted molar refractivity (Wildman–Crippen MR) is 204 cm³/mol. The number of para-hydroxylation sites is 2. The summed E-state index contributed by atoms with van der Waals surface area (Å²) in [4.78, 5) is 9.20. The smallest absolute Gasteiger partial charge is 0.239 e. The van der Waals surface area contributed by atoms with Gasteiger partial charge in [-0.2, -0.15) is 0 Å². The summed E-state index contributed by atoms with van der Waals surface area (Å²) in [5.74, 6) is 3.29. The Morgan fingerprint density at radius 1 is 0.627 bits per heavy atom. The zero-order valence-electron chi connectivity index (χ0n) is 28.9. The summed E-state index contributed by atoms with van der Waals surface area (Å²) in [5, 5.41) is 0. The summed E-state index contributed by atoms with van der Waals surface area (Å²) >= 11 is 0. The molecule has 9 rings (SSSR count). The van der Waals surface area contributed by atoms with E-state index in [0.717, 1.165) is 73.0 Å². The van der Waals surface area contributed by atoms with Gasteiger partial charge in [0.15, 0.2) is 0 Å². The van der Waals surface area contributed by atoms with Crippen LogP contribution in [-0.2, 0) is 25.5 Å². The second-order valence-corrected chi connectivity index (χ2v) is 13.7. The number of hydrogen-bond donors (Lipinski definition) is 0. The number of hydrogen-bond acceptors (Lipinski definition) is 4. The molecule has 4 heterocycles. The van der Waals surface area contributed by atoms with Crippen LogP contribution in [0.5, 0.6) is 23.0 Å². The molecular weight excluding hydrogens is 804 g/mol. The van der Waals surface area contributed by atoms with Crippen molar-refractivity contribution in [3.63, 3.8) is 0 Å². The van der Waals surface area contributed by atoms with Crippen LogP contribution in [0.25, 0.3) is 33.6 Å². The third-order valence-corrected chi connectivity index (χ3v) is 9.26. The van der Waals surface area contributed by atoms with Crippen molar-refractivity contribution in [3.8, 4) is 56.6 Å². The average molecular weight is 839 g/mol. The van der Waals surface area contributed by atoms with Crippen molar-refractivity contribution in [2.24, 2.45) is 0 Å². The third kappa shape index (κ3) is 6.78. The van der Waals surface area contributed by atoms with E-state index in [1.807, 2.05) is 73.1 Å². The number of aryl methyl sites for hydroxylation is 1. The molecule has 0 amide bonds. The van der Waals surface area contributed by atoms with Gasteiger partial charge in [0.25, 0.3) is 0 Å². The van der Waals surface area contributed by atoms with Gasteiger partial charge in [-0.15, -0.1) is 47.5 Å². The maximum atomic E-state index is 6.52. The zero-order chi connectivity index (χ0) is 34.2. The number of benzene rings is 5. The van der Waals surface area contributed by atoms with Crippen molar-refractivity contribution in [2.45, 2.75) is 33.1 Å². The molecule has 0 bridgehead atoms.